The van der Waals surface area contributed by atoms with Gasteiger partial charge in [-0.3, -0.25) is 9.13 Å². The molecule has 0 aromatic carbocycles. The average Bonchev–Trinajstić information content (AvgIpc) is 2.46. The second kappa shape index (κ2) is 4.87. The Morgan fingerprint density at radius 2 is 1.94 bits per heavy atom. The van der Waals surface area contributed by atoms with Crippen LogP contribution in [0.1, 0.15) is 40.7 Å². The van der Waals surface area contributed by atoms with Gasteiger partial charge in [-0.15, -0.1) is 0 Å². The van der Waals surface area contributed by atoms with E-state index in [0.717, 1.165) is 13.1 Å². The van der Waals surface area contributed by atoms with Crippen LogP contribution in [-0.2, 0) is 6.54 Å². The molecule has 1 heterocycles. The van der Waals surface area contributed by atoms with E-state index in [2.05, 4.69) is 26.1 Å². The van der Waals surface area contributed by atoms with Crippen LogP contribution in [0.25, 0.3) is 0 Å². The molecular formula is C12H23N3O. The van der Waals surface area contributed by atoms with Crippen molar-refractivity contribution in [3.63, 3.8) is 0 Å². The van der Waals surface area contributed by atoms with E-state index in [1.807, 2.05) is 26.2 Å². The second-order valence-corrected chi connectivity index (χ2v) is 5.45. The lowest BCUT2D eigenvalue weighted by atomic mass is 10.1. The molecule has 16 heavy (non-hydrogen) atoms. The molecule has 0 aliphatic heterocycles. The zero-order valence-electron chi connectivity index (χ0n) is 10.9. The monoisotopic (exact) mass is 225 g/mol. The zero-order valence-corrected chi connectivity index (χ0v) is 10.9. The molecule has 0 amide bonds. The number of imidazole rings is 1. The summed E-state index contributed by atoms with van der Waals surface area (Å²) in [5.41, 5.74) is 0.176. The molecule has 1 aromatic rings. The fourth-order valence-corrected chi connectivity index (χ4v) is 1.54. The Kier molecular flexibility index (Phi) is 3.97. The van der Waals surface area contributed by atoms with Crippen molar-refractivity contribution in [3.05, 3.63) is 22.9 Å². The predicted molar refractivity (Wildman–Crippen MR) is 66.8 cm³/mol. The molecule has 0 atom stereocenters. The Morgan fingerprint density at radius 1 is 1.31 bits per heavy atom. The van der Waals surface area contributed by atoms with Crippen LogP contribution in [-0.4, -0.2) is 21.2 Å². The Labute approximate surface area is 97.3 Å². The molecule has 0 aliphatic carbocycles. The number of nitrogens with one attached hydrogen (secondary N) is 1. The van der Waals surface area contributed by atoms with Crippen molar-refractivity contribution in [2.75, 3.05) is 6.54 Å². The summed E-state index contributed by atoms with van der Waals surface area (Å²) in [5, 5.41) is 3.37. The van der Waals surface area contributed by atoms with Crippen LogP contribution in [0.5, 0.6) is 0 Å². The smallest absolute Gasteiger partial charge is 0.310 e. The lowest BCUT2D eigenvalue weighted by Gasteiger charge is -2.20. The van der Waals surface area contributed by atoms with E-state index in [1.165, 1.54) is 0 Å². The van der Waals surface area contributed by atoms with E-state index in [4.69, 9.17) is 0 Å². The maximum Gasteiger partial charge on any atom is 0.328 e. The van der Waals surface area contributed by atoms with Gasteiger partial charge in [0.05, 0.1) is 0 Å². The number of hydrogen-bond acceptors (Lipinski definition) is 2. The van der Waals surface area contributed by atoms with E-state index >= 15 is 0 Å². The topological polar surface area (TPSA) is 39.0 Å². The van der Waals surface area contributed by atoms with Crippen molar-refractivity contribution in [1.29, 1.82) is 0 Å². The second-order valence-electron chi connectivity index (χ2n) is 5.45. The third-order valence-electron chi connectivity index (χ3n) is 2.44. The van der Waals surface area contributed by atoms with E-state index in [1.54, 1.807) is 9.13 Å². The average molecular weight is 225 g/mol. The van der Waals surface area contributed by atoms with E-state index < -0.39 is 0 Å². The molecule has 0 saturated heterocycles. The number of hydrogen-bond donors (Lipinski definition) is 1. The minimum Gasteiger partial charge on any atom is -0.310 e. The SMILES string of the molecule is CC(C)n1ccn(CCNC(C)(C)C)c1=O. The third kappa shape index (κ3) is 3.52. The molecular weight excluding hydrogens is 202 g/mol. The Bertz CT molecular complexity index is 382. The molecule has 0 fully saturated rings. The minimum absolute atomic E-state index is 0.0747. The summed E-state index contributed by atoms with van der Waals surface area (Å²) in [6, 6.07) is 0.226. The summed E-state index contributed by atoms with van der Waals surface area (Å²) < 4.78 is 3.50. The highest BCUT2D eigenvalue weighted by Gasteiger charge is 2.09. The fourth-order valence-electron chi connectivity index (χ4n) is 1.54. The van der Waals surface area contributed by atoms with Gasteiger partial charge < -0.3 is 5.32 Å². The largest absolute Gasteiger partial charge is 0.328 e. The molecule has 4 nitrogen and oxygen atoms in total. The van der Waals surface area contributed by atoms with Crippen LogP contribution in [0, 0.1) is 0 Å². The van der Waals surface area contributed by atoms with Gasteiger partial charge in [0.1, 0.15) is 0 Å². The highest BCUT2D eigenvalue weighted by Crippen LogP contribution is 2.00. The molecule has 92 valence electrons. The summed E-state index contributed by atoms with van der Waals surface area (Å²) in [6.45, 7) is 11.9. The molecule has 0 spiro atoms. The van der Waals surface area contributed by atoms with E-state index in [9.17, 15) is 4.79 Å². The third-order valence-corrected chi connectivity index (χ3v) is 2.44. The number of aromatic nitrogens is 2. The fraction of sp³-hybridized carbons (Fsp3) is 0.750. The van der Waals surface area contributed by atoms with Crippen molar-refractivity contribution < 1.29 is 0 Å². The molecule has 1 aromatic heterocycles. The predicted octanol–water partition coefficient (Wildman–Crippen LogP) is 1.62. The first-order valence-corrected chi connectivity index (χ1v) is 5.83. The van der Waals surface area contributed by atoms with Crippen molar-refractivity contribution >= 4 is 0 Å². The van der Waals surface area contributed by atoms with Gasteiger partial charge >= 0.3 is 5.69 Å². The lowest BCUT2D eigenvalue weighted by molar-refractivity contribution is 0.408. The molecule has 1 rings (SSSR count). The Hall–Kier alpha value is -1.03. The van der Waals surface area contributed by atoms with Crippen LogP contribution < -0.4 is 11.0 Å². The maximum absolute atomic E-state index is 11.9. The minimum atomic E-state index is 0.0747. The Morgan fingerprint density at radius 3 is 2.38 bits per heavy atom. The molecule has 0 saturated carbocycles. The van der Waals surface area contributed by atoms with E-state index in [0.29, 0.717) is 0 Å². The van der Waals surface area contributed by atoms with Crippen molar-refractivity contribution in [2.24, 2.45) is 0 Å². The molecule has 4 heteroatoms. The van der Waals surface area contributed by atoms with Gasteiger partial charge in [0, 0.05) is 37.1 Å². The molecule has 1 N–H and O–H groups in total. The standard InChI is InChI=1S/C12H23N3O/c1-10(2)15-9-8-14(11(15)16)7-6-13-12(3,4)5/h8-10,13H,6-7H2,1-5H3. The maximum atomic E-state index is 11.9. The summed E-state index contributed by atoms with van der Waals surface area (Å²) in [5.74, 6) is 0. The van der Waals surface area contributed by atoms with Gasteiger partial charge in [-0.2, -0.15) is 0 Å². The first-order valence-electron chi connectivity index (χ1n) is 5.83. The van der Waals surface area contributed by atoms with Crippen molar-refractivity contribution in [3.8, 4) is 0 Å². The number of nitrogens with zero attached hydrogens (tertiary/aromatic N) is 2. The summed E-state index contributed by atoms with van der Waals surface area (Å²) in [4.78, 5) is 11.9. The summed E-state index contributed by atoms with van der Waals surface area (Å²) in [7, 11) is 0. The van der Waals surface area contributed by atoms with Crippen LogP contribution in [0.4, 0.5) is 0 Å². The number of rotatable bonds is 4. The normalized spacial score (nSPS) is 12.4. The van der Waals surface area contributed by atoms with Crippen molar-refractivity contribution in [2.45, 2.75) is 52.7 Å². The van der Waals surface area contributed by atoms with E-state index in [-0.39, 0.29) is 17.3 Å². The van der Waals surface area contributed by atoms with Gasteiger partial charge in [0.2, 0.25) is 0 Å². The van der Waals surface area contributed by atoms with Crippen LogP contribution in [0.15, 0.2) is 17.2 Å². The first kappa shape index (κ1) is 13.0. The van der Waals surface area contributed by atoms with Gasteiger partial charge in [-0.25, -0.2) is 4.79 Å². The van der Waals surface area contributed by atoms with Crippen molar-refractivity contribution in [1.82, 2.24) is 14.5 Å². The summed E-state index contributed by atoms with van der Waals surface area (Å²) in [6.07, 6.45) is 3.71. The van der Waals surface area contributed by atoms with Crippen LogP contribution in [0.3, 0.4) is 0 Å². The zero-order chi connectivity index (χ0) is 12.3. The van der Waals surface area contributed by atoms with Crippen LogP contribution in [0.2, 0.25) is 0 Å². The van der Waals surface area contributed by atoms with Gasteiger partial charge in [0.15, 0.2) is 0 Å². The molecule has 0 radical (unpaired) electrons. The first-order chi connectivity index (χ1) is 7.31. The van der Waals surface area contributed by atoms with Gasteiger partial charge in [-0.1, -0.05) is 0 Å². The Balaban J connectivity index is 2.59. The van der Waals surface area contributed by atoms with Crippen LogP contribution >= 0.6 is 0 Å². The quantitative estimate of drug-likeness (QED) is 0.845. The molecule has 0 aliphatic rings. The van der Waals surface area contributed by atoms with Gasteiger partial charge in [-0.05, 0) is 34.6 Å². The highest BCUT2D eigenvalue weighted by atomic mass is 16.1. The molecule has 0 bridgehead atoms. The highest BCUT2D eigenvalue weighted by molar-refractivity contribution is 4.84. The lowest BCUT2D eigenvalue weighted by Crippen LogP contribution is -2.39. The summed E-state index contributed by atoms with van der Waals surface area (Å²) >= 11 is 0. The van der Waals surface area contributed by atoms with Gasteiger partial charge in [0.25, 0.3) is 0 Å². The molecule has 0 unspecified atom stereocenters.